The topological polar surface area (TPSA) is 57.6 Å². The van der Waals surface area contributed by atoms with Gasteiger partial charge in [0.2, 0.25) is 6.41 Å². The fourth-order valence-electron chi connectivity index (χ4n) is 5.00. The summed E-state index contributed by atoms with van der Waals surface area (Å²) in [6.07, 6.45) is 4.61. The van der Waals surface area contributed by atoms with Gasteiger partial charge in [0, 0.05) is 30.8 Å². The quantitative estimate of drug-likeness (QED) is 0.780. The van der Waals surface area contributed by atoms with Crippen molar-refractivity contribution in [2.45, 2.75) is 43.6 Å². The molecule has 1 saturated heterocycles. The zero-order valence-electron chi connectivity index (χ0n) is 12.2. The molecule has 1 N–H and O–H groups in total. The van der Waals surface area contributed by atoms with E-state index in [1.807, 2.05) is 17.0 Å². The number of carbonyl (C=O) groups excluding carboxylic acids is 2. The van der Waals surface area contributed by atoms with Gasteiger partial charge < -0.3 is 10.0 Å². The van der Waals surface area contributed by atoms with Crippen LogP contribution in [0.1, 0.15) is 36.8 Å². The minimum atomic E-state index is -0.189. The van der Waals surface area contributed by atoms with E-state index >= 15 is 0 Å². The number of piperidine rings is 1. The summed E-state index contributed by atoms with van der Waals surface area (Å²) < 4.78 is 0.680. The molecule has 2 bridgehead atoms. The number of phenolic OH excluding ortho intramolecular Hbond substituents is 1. The molecule has 0 unspecified atom stereocenters. The highest BCUT2D eigenvalue weighted by Crippen LogP contribution is 2.55. The molecule has 116 valence electrons. The Labute approximate surface area is 137 Å². The second-order valence-electron chi connectivity index (χ2n) is 6.84. The van der Waals surface area contributed by atoms with E-state index in [1.165, 1.54) is 0 Å². The molecule has 0 radical (unpaired) electrons. The van der Waals surface area contributed by atoms with Crippen molar-refractivity contribution in [2.24, 2.45) is 5.92 Å². The third-order valence-corrected chi connectivity index (χ3v) is 6.57. The molecule has 3 atom stereocenters. The minimum Gasteiger partial charge on any atom is -0.507 e. The first-order valence-corrected chi connectivity index (χ1v) is 8.59. The fourth-order valence-corrected chi connectivity index (χ4v) is 5.40. The lowest BCUT2D eigenvalue weighted by Gasteiger charge is -2.57. The number of halogens is 1. The van der Waals surface area contributed by atoms with Gasteiger partial charge in [-0.1, -0.05) is 0 Å². The lowest BCUT2D eigenvalue weighted by atomic mass is 9.52. The maximum atomic E-state index is 12.2. The van der Waals surface area contributed by atoms with Gasteiger partial charge in [-0.25, -0.2) is 0 Å². The van der Waals surface area contributed by atoms with Gasteiger partial charge >= 0.3 is 0 Å². The van der Waals surface area contributed by atoms with Gasteiger partial charge in [-0.3, -0.25) is 9.59 Å². The molecule has 0 spiro atoms. The molecule has 2 aliphatic carbocycles. The van der Waals surface area contributed by atoms with Crippen molar-refractivity contribution in [3.05, 3.63) is 27.7 Å². The maximum Gasteiger partial charge on any atom is 0.209 e. The van der Waals surface area contributed by atoms with Gasteiger partial charge in [-0.15, -0.1) is 0 Å². The molecule has 1 saturated carbocycles. The SMILES string of the molecule is O=CN1CC[C@@]23CC(=O)CC[C@H]2[C@@H]1Cc1cc(Br)c(O)cc13. The van der Waals surface area contributed by atoms with Crippen LogP contribution < -0.4 is 0 Å². The van der Waals surface area contributed by atoms with E-state index in [2.05, 4.69) is 15.9 Å². The molecule has 1 heterocycles. The van der Waals surface area contributed by atoms with Gasteiger partial charge in [0.1, 0.15) is 11.5 Å². The number of Topliss-reactive ketones (excluding diaryl/α,β-unsaturated/α-hetero) is 1. The molecule has 5 heteroatoms. The highest BCUT2D eigenvalue weighted by molar-refractivity contribution is 9.10. The number of benzene rings is 1. The van der Waals surface area contributed by atoms with Crippen molar-refractivity contribution < 1.29 is 14.7 Å². The lowest BCUT2D eigenvalue weighted by Crippen LogP contribution is -2.61. The minimum absolute atomic E-state index is 0.184. The largest absolute Gasteiger partial charge is 0.507 e. The van der Waals surface area contributed by atoms with Crippen molar-refractivity contribution in [1.82, 2.24) is 4.90 Å². The van der Waals surface area contributed by atoms with E-state index in [4.69, 9.17) is 0 Å². The molecule has 3 aliphatic rings. The number of carbonyl (C=O) groups is 2. The summed E-state index contributed by atoms with van der Waals surface area (Å²) in [7, 11) is 0. The summed E-state index contributed by atoms with van der Waals surface area (Å²) >= 11 is 3.38. The molecular formula is C17H18BrNO3. The number of aromatic hydroxyl groups is 1. The second kappa shape index (κ2) is 4.82. The van der Waals surface area contributed by atoms with E-state index in [1.54, 1.807) is 0 Å². The van der Waals surface area contributed by atoms with E-state index in [-0.39, 0.29) is 17.2 Å². The number of rotatable bonds is 1. The lowest BCUT2D eigenvalue weighted by molar-refractivity contribution is -0.132. The van der Waals surface area contributed by atoms with Crippen LogP contribution in [0.15, 0.2) is 16.6 Å². The monoisotopic (exact) mass is 363 g/mol. The Balaban J connectivity index is 1.92. The maximum absolute atomic E-state index is 12.2. The van der Waals surface area contributed by atoms with Gasteiger partial charge in [0.25, 0.3) is 0 Å². The number of phenols is 1. The van der Waals surface area contributed by atoms with Crippen molar-refractivity contribution >= 4 is 28.1 Å². The number of fused-ring (bicyclic) bond motifs is 1. The fraction of sp³-hybridized carbons (Fsp3) is 0.529. The summed E-state index contributed by atoms with van der Waals surface area (Å²) in [6.45, 7) is 0.703. The standard InChI is InChI=1S/C17H18BrNO3/c18-14-5-10-6-15-12-2-1-11(21)8-17(12,3-4-19(15)9-20)13(10)7-16(14)22/h5,7,9,12,15,22H,1-4,6,8H2/t12-,15-,17+/m0/s1. The van der Waals surface area contributed by atoms with Crippen LogP contribution in [-0.4, -0.2) is 34.8 Å². The molecule has 1 aromatic carbocycles. The number of ketones is 1. The zero-order valence-corrected chi connectivity index (χ0v) is 13.8. The van der Waals surface area contributed by atoms with Crippen molar-refractivity contribution in [1.29, 1.82) is 0 Å². The molecule has 22 heavy (non-hydrogen) atoms. The van der Waals surface area contributed by atoms with E-state index in [9.17, 15) is 14.7 Å². The Morgan fingerprint density at radius 3 is 3.00 bits per heavy atom. The van der Waals surface area contributed by atoms with Crippen LogP contribution in [-0.2, 0) is 21.4 Å². The van der Waals surface area contributed by atoms with Crippen LogP contribution in [0.3, 0.4) is 0 Å². The van der Waals surface area contributed by atoms with Crippen LogP contribution >= 0.6 is 15.9 Å². The molecule has 4 nitrogen and oxygen atoms in total. The van der Waals surface area contributed by atoms with Crippen LogP contribution in [0.2, 0.25) is 0 Å². The van der Waals surface area contributed by atoms with E-state index in [0.29, 0.717) is 35.6 Å². The molecule has 1 aromatic rings. The third kappa shape index (κ3) is 1.81. The smallest absolute Gasteiger partial charge is 0.209 e. The third-order valence-electron chi connectivity index (χ3n) is 5.94. The highest BCUT2D eigenvalue weighted by Gasteiger charge is 2.55. The van der Waals surface area contributed by atoms with Crippen LogP contribution in [0.25, 0.3) is 0 Å². The van der Waals surface area contributed by atoms with Crippen molar-refractivity contribution in [2.75, 3.05) is 6.54 Å². The first kappa shape index (κ1) is 14.2. The molecule has 1 amide bonds. The average molecular weight is 364 g/mol. The van der Waals surface area contributed by atoms with Crippen LogP contribution in [0, 0.1) is 5.92 Å². The Hall–Kier alpha value is -1.36. The van der Waals surface area contributed by atoms with Crippen LogP contribution in [0.4, 0.5) is 0 Å². The van der Waals surface area contributed by atoms with Crippen molar-refractivity contribution in [3.8, 4) is 5.75 Å². The van der Waals surface area contributed by atoms with E-state index in [0.717, 1.165) is 36.8 Å². The van der Waals surface area contributed by atoms with E-state index < -0.39 is 0 Å². The average Bonchev–Trinajstić information content (AvgIpc) is 2.49. The molecule has 2 fully saturated rings. The summed E-state index contributed by atoms with van der Waals surface area (Å²) in [5.74, 6) is 0.878. The normalized spacial score (nSPS) is 33.1. The predicted molar refractivity (Wildman–Crippen MR) is 84.7 cm³/mol. The summed E-state index contributed by atoms with van der Waals surface area (Å²) in [6, 6.07) is 3.99. The number of nitrogens with zero attached hydrogens (tertiary/aromatic N) is 1. The summed E-state index contributed by atoms with van der Waals surface area (Å²) in [5, 5.41) is 10.1. The number of hydrogen-bond donors (Lipinski definition) is 1. The molecule has 4 rings (SSSR count). The first-order valence-electron chi connectivity index (χ1n) is 7.80. The van der Waals surface area contributed by atoms with Crippen LogP contribution in [0.5, 0.6) is 5.75 Å². The van der Waals surface area contributed by atoms with Gasteiger partial charge in [0.15, 0.2) is 0 Å². The number of likely N-dealkylation sites (tertiary alicyclic amines) is 1. The van der Waals surface area contributed by atoms with Gasteiger partial charge in [0.05, 0.1) is 4.47 Å². The Morgan fingerprint density at radius 1 is 1.41 bits per heavy atom. The molecular weight excluding hydrogens is 346 g/mol. The van der Waals surface area contributed by atoms with Gasteiger partial charge in [-0.05, 0) is 64.4 Å². The zero-order chi connectivity index (χ0) is 15.5. The second-order valence-corrected chi connectivity index (χ2v) is 7.70. The van der Waals surface area contributed by atoms with Gasteiger partial charge in [-0.2, -0.15) is 0 Å². The number of amides is 1. The summed E-state index contributed by atoms with van der Waals surface area (Å²) in [4.78, 5) is 25.5. The summed E-state index contributed by atoms with van der Waals surface area (Å²) in [5.41, 5.74) is 2.10. The number of hydrogen-bond acceptors (Lipinski definition) is 3. The first-order chi connectivity index (χ1) is 10.5. The molecule has 0 aromatic heterocycles. The predicted octanol–water partition coefficient (Wildman–Crippen LogP) is 2.55. The highest BCUT2D eigenvalue weighted by atomic mass is 79.9. The van der Waals surface area contributed by atoms with Crippen molar-refractivity contribution in [3.63, 3.8) is 0 Å². The Kier molecular flexibility index (Phi) is 3.12. The Bertz CT molecular complexity index is 674. The molecule has 1 aliphatic heterocycles. The Morgan fingerprint density at radius 2 is 2.23 bits per heavy atom.